The minimum absolute atomic E-state index is 0.131. The molecule has 0 saturated carbocycles. The van der Waals surface area contributed by atoms with Crippen LogP contribution in [-0.4, -0.2) is 50.2 Å². The molecule has 0 aliphatic carbocycles. The lowest BCUT2D eigenvalue weighted by atomic mass is 10.3. The third kappa shape index (κ3) is 3.80. The first kappa shape index (κ1) is 17.8. The van der Waals surface area contributed by atoms with Crippen molar-refractivity contribution in [2.45, 2.75) is 20.4 Å². The minimum atomic E-state index is -0.416. The van der Waals surface area contributed by atoms with Crippen LogP contribution in [0.15, 0.2) is 41.2 Å². The summed E-state index contributed by atoms with van der Waals surface area (Å²) in [5.41, 5.74) is 1.56. The Bertz CT molecular complexity index is 937. The summed E-state index contributed by atoms with van der Waals surface area (Å²) in [7, 11) is 0. The molecule has 26 heavy (non-hydrogen) atoms. The van der Waals surface area contributed by atoms with Crippen LogP contribution in [0.5, 0.6) is 0 Å². The van der Waals surface area contributed by atoms with Crippen molar-refractivity contribution in [1.82, 2.24) is 24.6 Å². The van der Waals surface area contributed by atoms with Crippen molar-refractivity contribution in [3.8, 4) is 0 Å². The van der Waals surface area contributed by atoms with E-state index in [1.54, 1.807) is 0 Å². The highest BCUT2D eigenvalue weighted by molar-refractivity contribution is 6.02. The number of amides is 1. The van der Waals surface area contributed by atoms with Crippen LogP contribution < -0.4 is 10.9 Å². The number of nitrogens with zero attached hydrogens (tertiary/aromatic N) is 4. The molecule has 2 aromatic heterocycles. The topological polar surface area (TPSA) is 95.9 Å². The Balaban J connectivity index is 1.89. The number of H-pyrrole nitrogens is 1. The first-order valence-corrected chi connectivity index (χ1v) is 8.67. The van der Waals surface area contributed by atoms with Gasteiger partial charge in [-0.1, -0.05) is 26.0 Å². The zero-order chi connectivity index (χ0) is 18.5. The van der Waals surface area contributed by atoms with Gasteiger partial charge in [-0.05, 0) is 31.3 Å². The van der Waals surface area contributed by atoms with E-state index in [1.165, 1.54) is 12.1 Å². The summed E-state index contributed by atoms with van der Waals surface area (Å²) in [6, 6.07) is 10.4. The number of likely N-dealkylation sites (N-methyl/N-ethyl adjacent to an activating group) is 1. The number of aromatic amines is 1. The summed E-state index contributed by atoms with van der Waals surface area (Å²) >= 11 is 0. The van der Waals surface area contributed by atoms with Crippen LogP contribution in [0.1, 0.15) is 24.3 Å². The summed E-state index contributed by atoms with van der Waals surface area (Å²) in [5, 5.41) is 8.83. The maximum Gasteiger partial charge on any atom is 0.278 e. The zero-order valence-corrected chi connectivity index (χ0v) is 14.9. The molecule has 0 bridgehead atoms. The molecule has 0 atom stereocenters. The number of para-hydroxylation sites is 2. The van der Waals surface area contributed by atoms with Crippen molar-refractivity contribution in [3.05, 3.63) is 52.4 Å². The van der Waals surface area contributed by atoms with Crippen LogP contribution in [0.25, 0.3) is 11.0 Å². The lowest BCUT2D eigenvalue weighted by Crippen LogP contribution is -2.28. The molecule has 3 rings (SSSR count). The number of fused-ring (bicyclic) bond motifs is 1. The molecule has 0 spiro atoms. The maximum atomic E-state index is 12.4. The fraction of sp³-hybridized carbons (Fsp3) is 0.333. The number of hydrogen-bond donors (Lipinski definition) is 2. The number of carbonyl (C=O) groups excluding carboxylic acids is 1. The summed E-state index contributed by atoms with van der Waals surface area (Å²) in [6.07, 6.45) is 0. The number of anilines is 1. The second-order valence-electron chi connectivity index (χ2n) is 5.86. The Kier molecular flexibility index (Phi) is 5.43. The van der Waals surface area contributed by atoms with Gasteiger partial charge in [0.25, 0.3) is 11.5 Å². The van der Waals surface area contributed by atoms with Crippen LogP contribution in [0.2, 0.25) is 0 Å². The van der Waals surface area contributed by atoms with Gasteiger partial charge in [0.2, 0.25) is 5.95 Å². The minimum Gasteiger partial charge on any atom is -0.309 e. The standard InChI is InChI=1S/C18H22N6O2/c1-3-23(4-2)11-12-24-15-8-6-5-7-13(15)19-18(24)20-17(26)14-9-10-16(25)22-21-14/h5-10H,3-4,11-12H2,1-2H3,(H,22,25)(H,19,20,26). The Morgan fingerprint density at radius 3 is 2.65 bits per heavy atom. The zero-order valence-electron chi connectivity index (χ0n) is 14.9. The molecule has 1 amide bonds. The van der Waals surface area contributed by atoms with Crippen LogP contribution >= 0.6 is 0 Å². The van der Waals surface area contributed by atoms with Crippen molar-refractivity contribution in [1.29, 1.82) is 0 Å². The van der Waals surface area contributed by atoms with Gasteiger partial charge in [0, 0.05) is 19.2 Å². The quantitative estimate of drug-likeness (QED) is 0.673. The van der Waals surface area contributed by atoms with E-state index in [0.29, 0.717) is 12.5 Å². The van der Waals surface area contributed by atoms with Crippen molar-refractivity contribution in [2.24, 2.45) is 0 Å². The smallest absolute Gasteiger partial charge is 0.278 e. The van der Waals surface area contributed by atoms with Gasteiger partial charge in [-0.3, -0.25) is 14.9 Å². The van der Waals surface area contributed by atoms with Crippen LogP contribution in [-0.2, 0) is 6.54 Å². The van der Waals surface area contributed by atoms with E-state index in [2.05, 4.69) is 39.2 Å². The number of benzene rings is 1. The lowest BCUT2D eigenvalue weighted by Gasteiger charge is -2.19. The first-order valence-electron chi connectivity index (χ1n) is 8.67. The second kappa shape index (κ2) is 7.92. The fourth-order valence-corrected chi connectivity index (χ4v) is 2.82. The SMILES string of the molecule is CCN(CC)CCn1c(NC(=O)c2ccc(=O)[nH]n2)nc2ccccc21. The molecule has 2 heterocycles. The molecule has 0 radical (unpaired) electrons. The van der Waals surface area contributed by atoms with Crippen molar-refractivity contribution >= 4 is 22.9 Å². The molecular formula is C18H22N6O2. The van der Waals surface area contributed by atoms with Gasteiger partial charge in [0.05, 0.1) is 11.0 Å². The number of hydrogen-bond acceptors (Lipinski definition) is 5. The average Bonchev–Trinajstić information content (AvgIpc) is 3.00. The normalized spacial score (nSPS) is 11.2. The van der Waals surface area contributed by atoms with Crippen molar-refractivity contribution < 1.29 is 4.79 Å². The van der Waals surface area contributed by atoms with E-state index < -0.39 is 5.91 Å². The molecule has 136 valence electrons. The highest BCUT2D eigenvalue weighted by Gasteiger charge is 2.15. The molecule has 2 N–H and O–H groups in total. The molecule has 8 heteroatoms. The van der Waals surface area contributed by atoms with Crippen LogP contribution in [0, 0.1) is 0 Å². The molecule has 0 unspecified atom stereocenters. The highest BCUT2D eigenvalue weighted by Crippen LogP contribution is 2.20. The number of imidazole rings is 1. The highest BCUT2D eigenvalue weighted by atomic mass is 16.2. The third-order valence-corrected chi connectivity index (χ3v) is 4.33. The van der Waals surface area contributed by atoms with Gasteiger partial charge in [-0.25, -0.2) is 10.1 Å². The Hall–Kier alpha value is -3.00. The lowest BCUT2D eigenvalue weighted by molar-refractivity contribution is 0.102. The Morgan fingerprint density at radius 2 is 1.96 bits per heavy atom. The monoisotopic (exact) mass is 354 g/mol. The van der Waals surface area contributed by atoms with E-state index in [1.807, 2.05) is 28.8 Å². The molecule has 1 aromatic carbocycles. The van der Waals surface area contributed by atoms with Crippen LogP contribution in [0.4, 0.5) is 5.95 Å². The first-order chi connectivity index (χ1) is 12.6. The molecule has 3 aromatic rings. The molecule has 0 saturated heterocycles. The number of nitrogens with one attached hydrogen (secondary N) is 2. The van der Waals surface area contributed by atoms with Crippen molar-refractivity contribution in [2.75, 3.05) is 25.0 Å². The van der Waals surface area contributed by atoms with Crippen LogP contribution in [0.3, 0.4) is 0 Å². The van der Waals surface area contributed by atoms with Gasteiger partial charge in [-0.15, -0.1) is 0 Å². The molecule has 0 aliphatic rings. The van der Waals surface area contributed by atoms with E-state index in [-0.39, 0.29) is 11.3 Å². The third-order valence-electron chi connectivity index (χ3n) is 4.33. The number of rotatable bonds is 7. The predicted octanol–water partition coefficient (Wildman–Crippen LogP) is 1.71. The van der Waals surface area contributed by atoms with Gasteiger partial charge in [0.15, 0.2) is 0 Å². The largest absolute Gasteiger partial charge is 0.309 e. The number of carbonyl (C=O) groups is 1. The molecular weight excluding hydrogens is 332 g/mol. The molecule has 0 fully saturated rings. The molecule has 0 aliphatic heterocycles. The van der Waals surface area contributed by atoms with E-state index >= 15 is 0 Å². The maximum absolute atomic E-state index is 12.4. The number of aromatic nitrogens is 4. The summed E-state index contributed by atoms with van der Waals surface area (Å²) in [5.74, 6) is 0.0528. The average molecular weight is 354 g/mol. The van der Waals surface area contributed by atoms with E-state index in [0.717, 1.165) is 30.7 Å². The summed E-state index contributed by atoms with van der Waals surface area (Å²) in [6.45, 7) is 7.74. The van der Waals surface area contributed by atoms with Gasteiger partial charge in [-0.2, -0.15) is 5.10 Å². The predicted molar refractivity (Wildman–Crippen MR) is 100 cm³/mol. The fourth-order valence-electron chi connectivity index (χ4n) is 2.82. The Morgan fingerprint density at radius 1 is 1.19 bits per heavy atom. The van der Waals surface area contributed by atoms with Gasteiger partial charge in [0.1, 0.15) is 5.69 Å². The van der Waals surface area contributed by atoms with Gasteiger partial charge < -0.3 is 9.47 Å². The molecule has 8 nitrogen and oxygen atoms in total. The summed E-state index contributed by atoms with van der Waals surface area (Å²) in [4.78, 5) is 30.4. The second-order valence-corrected chi connectivity index (χ2v) is 5.86. The van der Waals surface area contributed by atoms with Crippen molar-refractivity contribution in [3.63, 3.8) is 0 Å². The Labute approximate surface area is 150 Å². The van der Waals surface area contributed by atoms with E-state index in [4.69, 9.17) is 0 Å². The van der Waals surface area contributed by atoms with E-state index in [9.17, 15) is 9.59 Å². The summed E-state index contributed by atoms with van der Waals surface area (Å²) < 4.78 is 2.00. The van der Waals surface area contributed by atoms with Gasteiger partial charge >= 0.3 is 0 Å².